The summed E-state index contributed by atoms with van der Waals surface area (Å²) < 4.78 is 5.37. The number of epoxide rings is 1. The van der Waals surface area contributed by atoms with Crippen LogP contribution in [0.4, 0.5) is 0 Å². The maximum Gasteiger partial charge on any atom is 0.251 e. The van der Waals surface area contributed by atoms with Gasteiger partial charge in [0, 0.05) is 24.5 Å². The van der Waals surface area contributed by atoms with Crippen LogP contribution in [0.15, 0.2) is 71.3 Å². The van der Waals surface area contributed by atoms with Crippen molar-refractivity contribution in [3.05, 3.63) is 71.3 Å². The van der Waals surface area contributed by atoms with Gasteiger partial charge in [-0.2, -0.15) is 0 Å². The second kappa shape index (κ2) is 12.1. The smallest absolute Gasteiger partial charge is 0.251 e. The number of fused-ring (bicyclic) bond motifs is 1. The summed E-state index contributed by atoms with van der Waals surface area (Å²) >= 11 is 0. The van der Waals surface area contributed by atoms with Crippen LogP contribution >= 0.6 is 0 Å². The molecule has 1 saturated heterocycles. The Balaban J connectivity index is 1.59. The van der Waals surface area contributed by atoms with Gasteiger partial charge in [0.15, 0.2) is 11.9 Å². The second-order valence-electron chi connectivity index (χ2n) is 9.55. The highest BCUT2D eigenvalue weighted by atomic mass is 16.6. The second-order valence-corrected chi connectivity index (χ2v) is 9.55. The molecule has 0 saturated carbocycles. The Hall–Kier alpha value is -3.56. The lowest BCUT2D eigenvalue weighted by molar-refractivity contribution is -0.121. The highest BCUT2D eigenvalue weighted by molar-refractivity contribution is 6.07. The van der Waals surface area contributed by atoms with Crippen LogP contribution in [0.1, 0.15) is 52.9 Å². The summed E-state index contributed by atoms with van der Waals surface area (Å²) in [5, 5.41) is 25.6. The molecule has 3 rings (SSSR count). The van der Waals surface area contributed by atoms with E-state index in [1.54, 1.807) is 13.0 Å². The summed E-state index contributed by atoms with van der Waals surface area (Å²) in [6.45, 7) is 5.84. The molecule has 0 aromatic rings. The van der Waals surface area contributed by atoms with Gasteiger partial charge in [-0.25, -0.2) is 0 Å². The van der Waals surface area contributed by atoms with Gasteiger partial charge in [0.05, 0.1) is 5.70 Å². The van der Waals surface area contributed by atoms with Gasteiger partial charge in [0.2, 0.25) is 11.7 Å². The molecule has 1 aliphatic heterocycles. The number of nitrogens with one attached hydrogen (secondary N) is 2. The predicted molar refractivity (Wildman–Crippen MR) is 137 cm³/mol. The van der Waals surface area contributed by atoms with Crippen molar-refractivity contribution >= 4 is 23.4 Å². The lowest BCUT2D eigenvalue weighted by Crippen LogP contribution is -2.42. The molecule has 9 nitrogen and oxygen atoms in total. The normalized spacial score (nSPS) is 26.7. The van der Waals surface area contributed by atoms with Crippen LogP contribution in [0.2, 0.25) is 0 Å². The number of allylic oxidation sites excluding steroid dienone is 7. The van der Waals surface area contributed by atoms with E-state index >= 15 is 0 Å². The van der Waals surface area contributed by atoms with Gasteiger partial charge < -0.3 is 25.6 Å². The fourth-order valence-electron chi connectivity index (χ4n) is 4.21. The van der Waals surface area contributed by atoms with Crippen LogP contribution in [0.5, 0.6) is 0 Å². The molecular formula is C28H34N2O7. The zero-order chi connectivity index (χ0) is 27.2. The van der Waals surface area contributed by atoms with Crippen LogP contribution in [0, 0.1) is 5.92 Å². The topological polar surface area (TPSA) is 145 Å². The summed E-state index contributed by atoms with van der Waals surface area (Å²) in [6.07, 6.45) is 13.8. The summed E-state index contributed by atoms with van der Waals surface area (Å²) in [5.74, 6) is -1.54. The van der Waals surface area contributed by atoms with Crippen molar-refractivity contribution in [2.75, 3.05) is 0 Å². The Kier molecular flexibility index (Phi) is 9.18. The van der Waals surface area contributed by atoms with Crippen molar-refractivity contribution in [3.63, 3.8) is 0 Å². The Morgan fingerprint density at radius 1 is 1.19 bits per heavy atom. The lowest BCUT2D eigenvalue weighted by Gasteiger charge is -2.23. The summed E-state index contributed by atoms with van der Waals surface area (Å²) in [7, 11) is 0. The van der Waals surface area contributed by atoms with E-state index < -0.39 is 29.6 Å². The predicted octanol–water partition coefficient (Wildman–Crippen LogP) is 2.76. The number of carbonyl (C=O) groups excluding carboxylic acids is 4. The first kappa shape index (κ1) is 28.0. The first-order valence-corrected chi connectivity index (χ1v) is 12.5. The number of ether oxygens (including phenoxy) is 1. The maximum atomic E-state index is 12.6. The standard InChI is InChI=1S/C28H34N2O7/c1-4-5-10-17(2)15-18(3)27(35)29-19-16-28(36,26-25(37-26)24(19)34)14-9-7-6-8-11-22(33)30-23-20(31)12-13-21(23)32/h6-9,11,14-17,25-26,31,36H,4-5,10,12-13H2,1-3H3,(H,29,35)(H,30,33)/b7-6+,11-8+,14-9+,18-15+/t17?,25-,26-,28+/m1/s1. The average molecular weight is 511 g/mol. The fourth-order valence-corrected chi connectivity index (χ4v) is 4.21. The van der Waals surface area contributed by atoms with Crippen molar-refractivity contribution in [2.45, 2.75) is 70.7 Å². The molecule has 1 heterocycles. The fraction of sp³-hybridized carbons (Fsp3) is 0.429. The molecule has 0 radical (unpaired) electrons. The van der Waals surface area contributed by atoms with Gasteiger partial charge >= 0.3 is 0 Å². The van der Waals surface area contributed by atoms with Gasteiger partial charge in [-0.3, -0.25) is 19.2 Å². The van der Waals surface area contributed by atoms with E-state index in [2.05, 4.69) is 17.6 Å². The molecule has 2 aliphatic carbocycles. The Labute approximate surface area is 216 Å². The monoisotopic (exact) mass is 510 g/mol. The molecule has 4 N–H and O–H groups in total. The maximum absolute atomic E-state index is 12.6. The van der Waals surface area contributed by atoms with Crippen molar-refractivity contribution < 1.29 is 34.1 Å². The van der Waals surface area contributed by atoms with Crippen LogP contribution in [0.25, 0.3) is 0 Å². The first-order valence-electron chi connectivity index (χ1n) is 12.5. The Morgan fingerprint density at radius 2 is 1.92 bits per heavy atom. The van der Waals surface area contributed by atoms with E-state index in [0.717, 1.165) is 19.3 Å². The molecule has 0 aromatic heterocycles. The molecule has 9 heteroatoms. The highest BCUT2D eigenvalue weighted by Crippen LogP contribution is 2.40. The third-order valence-corrected chi connectivity index (χ3v) is 6.35. The van der Waals surface area contributed by atoms with Gasteiger partial charge in [-0.15, -0.1) is 0 Å². The molecule has 0 aromatic carbocycles. The molecule has 1 unspecified atom stereocenters. The lowest BCUT2D eigenvalue weighted by atomic mass is 9.88. The minimum Gasteiger partial charge on any atom is -0.510 e. The number of aliphatic hydroxyl groups excluding tert-OH is 1. The molecule has 4 atom stereocenters. The molecule has 3 aliphatic rings. The third-order valence-electron chi connectivity index (χ3n) is 6.35. The van der Waals surface area contributed by atoms with Crippen LogP contribution < -0.4 is 10.6 Å². The number of ketones is 2. The average Bonchev–Trinajstić information content (AvgIpc) is 3.61. The Bertz CT molecular complexity index is 1140. The Morgan fingerprint density at radius 3 is 2.59 bits per heavy atom. The number of hydrogen-bond acceptors (Lipinski definition) is 7. The zero-order valence-electron chi connectivity index (χ0n) is 21.3. The number of Topliss-reactive ketones (excluding diaryl/α,β-unsaturated/α-hetero) is 2. The quantitative estimate of drug-likeness (QED) is 0.190. The molecule has 0 spiro atoms. The third kappa shape index (κ3) is 7.24. The van der Waals surface area contributed by atoms with Gasteiger partial charge in [-0.05, 0) is 31.4 Å². The van der Waals surface area contributed by atoms with Crippen molar-refractivity contribution in [1.29, 1.82) is 0 Å². The number of aliphatic hydroxyl groups is 2. The van der Waals surface area contributed by atoms with E-state index in [0.29, 0.717) is 5.57 Å². The van der Waals surface area contributed by atoms with Crippen molar-refractivity contribution in [1.82, 2.24) is 10.6 Å². The minimum atomic E-state index is -1.59. The van der Waals surface area contributed by atoms with E-state index in [9.17, 15) is 29.4 Å². The molecule has 0 bridgehead atoms. The number of hydrogen-bond donors (Lipinski definition) is 4. The zero-order valence-corrected chi connectivity index (χ0v) is 21.3. The van der Waals surface area contributed by atoms with Gasteiger partial charge in [0.1, 0.15) is 23.2 Å². The van der Waals surface area contributed by atoms with Crippen LogP contribution in [0.3, 0.4) is 0 Å². The van der Waals surface area contributed by atoms with E-state index in [4.69, 9.17) is 4.74 Å². The van der Waals surface area contributed by atoms with Crippen molar-refractivity contribution in [3.8, 4) is 0 Å². The van der Waals surface area contributed by atoms with E-state index in [1.807, 2.05) is 13.0 Å². The molecule has 198 valence electrons. The number of rotatable bonds is 11. The van der Waals surface area contributed by atoms with Crippen LogP contribution in [-0.4, -0.2) is 51.4 Å². The summed E-state index contributed by atoms with van der Waals surface area (Å²) in [6, 6.07) is 0. The van der Waals surface area contributed by atoms with Gasteiger partial charge in [0.25, 0.3) is 5.91 Å². The molecule has 37 heavy (non-hydrogen) atoms. The molecule has 1 fully saturated rings. The van der Waals surface area contributed by atoms with Gasteiger partial charge in [-0.1, -0.05) is 57.1 Å². The largest absolute Gasteiger partial charge is 0.510 e. The number of carbonyl (C=O) groups is 4. The molecule has 2 amide bonds. The SMILES string of the molecule is CCCCC(C)/C=C(\C)C(=O)NC1=C[C@@](O)(/C=C/C=C/C=C/C(=O)NC2=C(O)CCC2=O)[C@@H]2O[C@@H]2C1=O. The number of unbranched alkanes of at least 4 members (excludes halogenated alkanes) is 1. The number of amides is 2. The van der Waals surface area contributed by atoms with Crippen LogP contribution in [-0.2, 0) is 23.9 Å². The summed E-state index contributed by atoms with van der Waals surface area (Å²) in [4.78, 5) is 48.7. The highest BCUT2D eigenvalue weighted by Gasteiger charge is 2.59. The minimum absolute atomic E-state index is 0.00979. The van der Waals surface area contributed by atoms with Crippen molar-refractivity contribution in [2.24, 2.45) is 5.92 Å². The molecular weight excluding hydrogens is 476 g/mol. The van der Waals surface area contributed by atoms with E-state index in [-0.39, 0.29) is 47.5 Å². The summed E-state index contributed by atoms with van der Waals surface area (Å²) in [5.41, 5.74) is -1.17. The van der Waals surface area contributed by atoms with E-state index in [1.165, 1.54) is 36.5 Å². The first-order chi connectivity index (χ1) is 17.6.